The van der Waals surface area contributed by atoms with Gasteiger partial charge in [-0.25, -0.2) is 4.39 Å². The van der Waals surface area contributed by atoms with E-state index >= 15 is 0 Å². The van der Waals surface area contributed by atoms with E-state index in [1.807, 2.05) is 42.5 Å². The molecule has 0 heterocycles. The van der Waals surface area contributed by atoms with Gasteiger partial charge in [0, 0.05) is 11.1 Å². The average molecular weight is 252 g/mol. The number of nitrogens with two attached hydrogens (primary N) is 1. The summed E-state index contributed by atoms with van der Waals surface area (Å²) in [5, 5.41) is 5.40. The zero-order chi connectivity index (χ0) is 13.2. The minimum atomic E-state index is -0.412. The fraction of sp³-hybridized carbons (Fsp3) is 0. The van der Waals surface area contributed by atoms with E-state index in [9.17, 15) is 4.39 Å². The molecular weight excluding hydrogens is 239 g/mol. The van der Waals surface area contributed by atoms with Gasteiger partial charge in [-0.15, -0.1) is 0 Å². The molecule has 0 aliphatic carbocycles. The molecule has 94 valence electrons. The molecule has 0 aliphatic heterocycles. The van der Waals surface area contributed by atoms with Crippen molar-refractivity contribution in [1.82, 2.24) is 0 Å². The summed E-state index contributed by atoms with van der Waals surface area (Å²) in [5.74, 6) is -0.412. The van der Waals surface area contributed by atoms with Crippen LogP contribution in [0.1, 0.15) is 0 Å². The van der Waals surface area contributed by atoms with Crippen molar-refractivity contribution >= 4 is 27.8 Å². The molecule has 3 rings (SSSR count). The molecule has 0 aromatic heterocycles. The SMILES string of the molecule is Nc1c(F)cccc1Nc1cccc2ccccc12. The molecule has 0 saturated carbocycles. The lowest BCUT2D eigenvalue weighted by Crippen LogP contribution is -1.99. The Morgan fingerprint density at radius 3 is 2.37 bits per heavy atom. The smallest absolute Gasteiger partial charge is 0.148 e. The number of anilines is 3. The van der Waals surface area contributed by atoms with Crippen molar-refractivity contribution in [2.75, 3.05) is 11.1 Å². The van der Waals surface area contributed by atoms with E-state index in [1.165, 1.54) is 6.07 Å². The fourth-order valence-corrected chi connectivity index (χ4v) is 2.13. The van der Waals surface area contributed by atoms with Gasteiger partial charge in [-0.3, -0.25) is 0 Å². The number of nitrogen functional groups attached to an aromatic ring is 1. The maximum atomic E-state index is 13.4. The molecule has 0 radical (unpaired) electrons. The summed E-state index contributed by atoms with van der Waals surface area (Å²) in [6.07, 6.45) is 0. The standard InChI is InChI=1S/C16H13FN2/c17-13-8-4-10-15(16(13)18)19-14-9-3-6-11-5-1-2-7-12(11)14/h1-10,19H,18H2. The van der Waals surface area contributed by atoms with E-state index in [0.29, 0.717) is 5.69 Å². The number of hydrogen-bond donors (Lipinski definition) is 2. The Balaban J connectivity index is 2.09. The minimum absolute atomic E-state index is 0.135. The molecule has 0 aliphatic rings. The van der Waals surface area contributed by atoms with Crippen LogP contribution in [0.4, 0.5) is 21.5 Å². The highest BCUT2D eigenvalue weighted by molar-refractivity contribution is 5.96. The zero-order valence-electron chi connectivity index (χ0n) is 10.2. The Morgan fingerprint density at radius 1 is 0.789 bits per heavy atom. The predicted octanol–water partition coefficient (Wildman–Crippen LogP) is 4.30. The van der Waals surface area contributed by atoms with Gasteiger partial charge >= 0.3 is 0 Å². The van der Waals surface area contributed by atoms with E-state index in [1.54, 1.807) is 12.1 Å². The van der Waals surface area contributed by atoms with Crippen molar-refractivity contribution in [2.24, 2.45) is 0 Å². The molecule has 3 aromatic rings. The van der Waals surface area contributed by atoms with Crippen molar-refractivity contribution < 1.29 is 4.39 Å². The van der Waals surface area contributed by atoms with Crippen molar-refractivity contribution in [3.63, 3.8) is 0 Å². The molecule has 0 atom stereocenters. The van der Waals surface area contributed by atoms with Gasteiger partial charge in [0.2, 0.25) is 0 Å². The molecule has 0 fully saturated rings. The number of hydrogen-bond acceptors (Lipinski definition) is 2. The number of benzene rings is 3. The Hall–Kier alpha value is -2.55. The molecule has 0 saturated heterocycles. The van der Waals surface area contributed by atoms with Crippen LogP contribution in [-0.2, 0) is 0 Å². The highest BCUT2D eigenvalue weighted by atomic mass is 19.1. The van der Waals surface area contributed by atoms with Gasteiger partial charge < -0.3 is 11.1 Å². The number of nitrogens with one attached hydrogen (secondary N) is 1. The molecular formula is C16H13FN2. The third kappa shape index (κ3) is 2.10. The molecule has 19 heavy (non-hydrogen) atoms. The molecule has 0 amide bonds. The summed E-state index contributed by atoms with van der Waals surface area (Å²) in [5.41, 5.74) is 7.36. The molecule has 3 aromatic carbocycles. The first-order valence-corrected chi connectivity index (χ1v) is 6.04. The van der Waals surface area contributed by atoms with E-state index in [4.69, 9.17) is 5.73 Å². The minimum Gasteiger partial charge on any atom is -0.395 e. The first kappa shape index (κ1) is 11.5. The largest absolute Gasteiger partial charge is 0.395 e. The third-order valence-corrected chi connectivity index (χ3v) is 3.11. The Labute approximate surface area is 110 Å². The van der Waals surface area contributed by atoms with Crippen LogP contribution < -0.4 is 11.1 Å². The van der Waals surface area contributed by atoms with E-state index in [2.05, 4.69) is 5.32 Å². The average Bonchev–Trinajstić information content (AvgIpc) is 2.44. The summed E-state index contributed by atoms with van der Waals surface area (Å²) < 4.78 is 13.4. The normalized spacial score (nSPS) is 10.6. The van der Waals surface area contributed by atoms with Crippen LogP contribution in [0, 0.1) is 5.82 Å². The Morgan fingerprint density at radius 2 is 1.47 bits per heavy atom. The van der Waals surface area contributed by atoms with Crippen molar-refractivity contribution in [3.05, 3.63) is 66.5 Å². The predicted molar refractivity (Wildman–Crippen MR) is 78.0 cm³/mol. The Kier molecular flexibility index (Phi) is 2.80. The molecule has 0 spiro atoms. The van der Waals surface area contributed by atoms with Gasteiger partial charge in [0.05, 0.1) is 11.4 Å². The number of halogens is 1. The van der Waals surface area contributed by atoms with Crippen molar-refractivity contribution in [1.29, 1.82) is 0 Å². The van der Waals surface area contributed by atoms with Crippen LogP contribution >= 0.6 is 0 Å². The monoisotopic (exact) mass is 252 g/mol. The zero-order valence-corrected chi connectivity index (χ0v) is 10.2. The molecule has 0 unspecified atom stereocenters. The summed E-state index contributed by atoms with van der Waals surface area (Å²) in [6.45, 7) is 0. The number of fused-ring (bicyclic) bond motifs is 1. The van der Waals surface area contributed by atoms with E-state index in [0.717, 1.165) is 16.5 Å². The van der Waals surface area contributed by atoms with Gasteiger partial charge in [-0.1, -0.05) is 42.5 Å². The van der Waals surface area contributed by atoms with E-state index < -0.39 is 5.82 Å². The van der Waals surface area contributed by atoms with Crippen LogP contribution in [0.3, 0.4) is 0 Å². The first-order valence-electron chi connectivity index (χ1n) is 6.04. The fourth-order valence-electron chi connectivity index (χ4n) is 2.13. The quantitative estimate of drug-likeness (QED) is 0.667. The van der Waals surface area contributed by atoms with Crippen molar-refractivity contribution in [3.8, 4) is 0 Å². The number of para-hydroxylation sites is 1. The lowest BCUT2D eigenvalue weighted by atomic mass is 10.1. The van der Waals surface area contributed by atoms with Gasteiger partial charge in [-0.2, -0.15) is 0 Å². The van der Waals surface area contributed by atoms with Crippen LogP contribution in [0.2, 0.25) is 0 Å². The Bertz CT molecular complexity index is 732. The molecule has 0 bridgehead atoms. The second-order valence-corrected chi connectivity index (χ2v) is 4.35. The first-order chi connectivity index (χ1) is 9.25. The third-order valence-electron chi connectivity index (χ3n) is 3.11. The van der Waals surface area contributed by atoms with Gasteiger partial charge in [-0.05, 0) is 23.6 Å². The lowest BCUT2D eigenvalue weighted by Gasteiger charge is -2.12. The van der Waals surface area contributed by atoms with E-state index in [-0.39, 0.29) is 5.69 Å². The topological polar surface area (TPSA) is 38.0 Å². The van der Waals surface area contributed by atoms with Gasteiger partial charge in [0.1, 0.15) is 5.82 Å². The summed E-state index contributed by atoms with van der Waals surface area (Å²) in [4.78, 5) is 0. The highest BCUT2D eigenvalue weighted by Gasteiger charge is 2.06. The summed E-state index contributed by atoms with van der Waals surface area (Å²) in [6, 6.07) is 18.7. The second kappa shape index (κ2) is 4.61. The maximum Gasteiger partial charge on any atom is 0.148 e. The number of rotatable bonds is 2. The maximum absolute atomic E-state index is 13.4. The van der Waals surface area contributed by atoms with Gasteiger partial charge in [0.25, 0.3) is 0 Å². The summed E-state index contributed by atoms with van der Waals surface area (Å²) >= 11 is 0. The molecule has 2 nitrogen and oxygen atoms in total. The van der Waals surface area contributed by atoms with Crippen LogP contribution in [0.15, 0.2) is 60.7 Å². The van der Waals surface area contributed by atoms with Gasteiger partial charge in [0.15, 0.2) is 0 Å². The highest BCUT2D eigenvalue weighted by Crippen LogP contribution is 2.29. The molecule has 3 N–H and O–H groups in total. The summed E-state index contributed by atoms with van der Waals surface area (Å²) in [7, 11) is 0. The second-order valence-electron chi connectivity index (χ2n) is 4.35. The lowest BCUT2D eigenvalue weighted by molar-refractivity contribution is 0.633. The molecule has 3 heteroatoms. The van der Waals surface area contributed by atoms with Crippen molar-refractivity contribution in [2.45, 2.75) is 0 Å². The van der Waals surface area contributed by atoms with Crippen LogP contribution in [-0.4, -0.2) is 0 Å². The van der Waals surface area contributed by atoms with Crippen LogP contribution in [0.25, 0.3) is 10.8 Å². The van der Waals surface area contributed by atoms with Crippen LogP contribution in [0.5, 0.6) is 0 Å².